The molecule has 4 aromatic carbocycles. The lowest BCUT2D eigenvalue weighted by atomic mass is 10.00. The number of aromatic hydroxyl groups is 1. The second-order valence-electron chi connectivity index (χ2n) is 7.57. The number of carbonyl (C=O) groups excluding carboxylic acids is 1. The van der Waals surface area contributed by atoms with Gasteiger partial charge in [0.25, 0.3) is 5.91 Å². The summed E-state index contributed by atoms with van der Waals surface area (Å²) < 4.78 is 0. The molecule has 0 bridgehead atoms. The van der Waals surface area contributed by atoms with Gasteiger partial charge in [0.1, 0.15) is 5.75 Å². The topological polar surface area (TPSA) is 99.7 Å². The van der Waals surface area contributed by atoms with Gasteiger partial charge in [-0.2, -0.15) is 5.10 Å². The van der Waals surface area contributed by atoms with E-state index < -0.39 is 5.91 Å². The number of hydrogen-bond donors (Lipinski definition) is 4. The first-order valence-electron chi connectivity index (χ1n) is 10.4. The fourth-order valence-corrected chi connectivity index (χ4v) is 3.68. The van der Waals surface area contributed by atoms with Crippen LogP contribution in [-0.2, 0) is 13.1 Å². The fourth-order valence-electron chi connectivity index (χ4n) is 3.50. The zero-order valence-corrected chi connectivity index (χ0v) is 18.5. The van der Waals surface area contributed by atoms with Gasteiger partial charge in [0.2, 0.25) is 0 Å². The van der Waals surface area contributed by atoms with Crippen molar-refractivity contribution in [3.63, 3.8) is 0 Å². The van der Waals surface area contributed by atoms with E-state index in [1.165, 1.54) is 29.3 Å². The molecular weight excluding hydrogens is 436 g/mol. The van der Waals surface area contributed by atoms with Gasteiger partial charge in [-0.1, -0.05) is 60.1 Å². The molecule has 5 N–H and O–H groups in total. The molecule has 0 aliphatic rings. The maximum atomic E-state index is 12.3. The number of nitrogens with one attached hydrogen (secondary N) is 2. The zero-order valence-electron chi connectivity index (χ0n) is 17.8. The minimum atomic E-state index is -0.416. The molecule has 6 nitrogen and oxygen atoms in total. The Morgan fingerprint density at radius 2 is 1.73 bits per heavy atom. The molecule has 0 aliphatic carbocycles. The summed E-state index contributed by atoms with van der Waals surface area (Å²) in [5.41, 5.74) is 12.5. The number of hydrazone groups is 1. The molecular formula is C26H23ClN4O2. The number of carbonyl (C=O) groups is 1. The third-order valence-corrected chi connectivity index (χ3v) is 5.55. The first-order chi connectivity index (χ1) is 16.0. The number of phenols is 1. The quantitative estimate of drug-likeness (QED) is 0.181. The zero-order chi connectivity index (χ0) is 23.2. The number of nitrogens with two attached hydrogens (primary N) is 1. The van der Waals surface area contributed by atoms with E-state index in [1.807, 2.05) is 48.5 Å². The predicted molar refractivity (Wildman–Crippen MR) is 134 cm³/mol. The molecule has 0 aliphatic heterocycles. The molecule has 0 aromatic heterocycles. The van der Waals surface area contributed by atoms with Crippen LogP contribution < -0.4 is 16.5 Å². The Labute approximate surface area is 196 Å². The van der Waals surface area contributed by atoms with Crippen molar-refractivity contribution in [2.75, 3.05) is 5.73 Å². The Morgan fingerprint density at radius 3 is 2.48 bits per heavy atom. The first-order valence-corrected chi connectivity index (χ1v) is 10.8. The summed E-state index contributed by atoms with van der Waals surface area (Å²) in [6, 6.07) is 24.2. The summed E-state index contributed by atoms with van der Waals surface area (Å²) in [7, 11) is 0. The maximum Gasteiger partial charge on any atom is 0.271 e. The van der Waals surface area contributed by atoms with Crippen molar-refractivity contribution >= 4 is 40.2 Å². The average molecular weight is 459 g/mol. The molecule has 7 heteroatoms. The molecule has 0 fully saturated rings. The molecule has 0 heterocycles. The molecule has 33 heavy (non-hydrogen) atoms. The summed E-state index contributed by atoms with van der Waals surface area (Å²) in [5.74, 6) is -0.493. The summed E-state index contributed by atoms with van der Waals surface area (Å²) in [6.45, 7) is 1.45. The van der Waals surface area contributed by atoms with Crippen LogP contribution in [0.2, 0.25) is 5.02 Å². The van der Waals surface area contributed by atoms with Crippen LogP contribution in [0, 0.1) is 0 Å². The molecule has 0 saturated carbocycles. The van der Waals surface area contributed by atoms with Crippen molar-refractivity contribution in [2.24, 2.45) is 5.10 Å². The summed E-state index contributed by atoms with van der Waals surface area (Å²) in [4.78, 5) is 12.3. The standard InChI is InChI=1S/C26H23ClN4O2/c27-24-13-18(9-12-25(24)32)26(33)31-30-16-20-8-7-19(22-3-1-2-4-23(20)22)15-29-14-17-5-10-21(28)11-6-17/h1-13,16,29,32H,14-15,28H2,(H,31,33)/b30-16+. The number of amides is 1. The van der Waals surface area contributed by atoms with Crippen LogP contribution in [0.15, 0.2) is 84.0 Å². The Kier molecular flexibility index (Phi) is 6.88. The molecule has 0 unspecified atom stereocenters. The molecule has 4 aromatic rings. The lowest BCUT2D eigenvalue weighted by Crippen LogP contribution is -2.17. The van der Waals surface area contributed by atoms with Gasteiger partial charge < -0.3 is 16.2 Å². The van der Waals surface area contributed by atoms with E-state index in [4.69, 9.17) is 17.3 Å². The number of nitrogens with zero attached hydrogens (tertiary/aromatic N) is 1. The van der Waals surface area contributed by atoms with E-state index >= 15 is 0 Å². The largest absolute Gasteiger partial charge is 0.506 e. The highest BCUT2D eigenvalue weighted by Gasteiger charge is 2.08. The number of nitrogen functional groups attached to an aromatic ring is 1. The van der Waals surface area contributed by atoms with Crippen LogP contribution in [0.3, 0.4) is 0 Å². The second-order valence-corrected chi connectivity index (χ2v) is 7.98. The molecule has 0 spiro atoms. The van der Waals surface area contributed by atoms with Crippen LogP contribution in [0.4, 0.5) is 5.69 Å². The monoisotopic (exact) mass is 458 g/mol. The molecule has 0 atom stereocenters. The molecule has 1 amide bonds. The van der Waals surface area contributed by atoms with E-state index in [0.29, 0.717) is 12.1 Å². The van der Waals surface area contributed by atoms with Crippen molar-refractivity contribution in [1.29, 1.82) is 0 Å². The van der Waals surface area contributed by atoms with Crippen molar-refractivity contribution < 1.29 is 9.90 Å². The Bertz CT molecular complexity index is 1320. The minimum absolute atomic E-state index is 0.0776. The van der Waals surface area contributed by atoms with Gasteiger partial charge in [-0.3, -0.25) is 4.79 Å². The summed E-state index contributed by atoms with van der Waals surface area (Å²) >= 11 is 5.87. The second kappa shape index (κ2) is 10.2. The van der Waals surface area contributed by atoms with Gasteiger partial charge in [0.15, 0.2) is 0 Å². The highest BCUT2D eigenvalue weighted by Crippen LogP contribution is 2.24. The molecule has 0 saturated heterocycles. The number of rotatable bonds is 7. The van der Waals surface area contributed by atoms with Gasteiger partial charge >= 0.3 is 0 Å². The van der Waals surface area contributed by atoms with Crippen molar-refractivity contribution in [1.82, 2.24) is 10.7 Å². The van der Waals surface area contributed by atoms with E-state index in [1.54, 1.807) is 6.21 Å². The fraction of sp³-hybridized carbons (Fsp3) is 0.0769. The van der Waals surface area contributed by atoms with E-state index in [9.17, 15) is 9.90 Å². The van der Waals surface area contributed by atoms with E-state index in [2.05, 4.69) is 28.0 Å². The van der Waals surface area contributed by atoms with Gasteiger partial charge in [0, 0.05) is 29.9 Å². The van der Waals surface area contributed by atoms with Crippen molar-refractivity contribution in [3.05, 3.63) is 106 Å². The van der Waals surface area contributed by atoms with Crippen LogP contribution in [-0.4, -0.2) is 17.2 Å². The minimum Gasteiger partial charge on any atom is -0.506 e. The number of hydrogen-bond acceptors (Lipinski definition) is 5. The van der Waals surface area contributed by atoms with Crippen LogP contribution in [0.1, 0.15) is 27.0 Å². The lowest BCUT2D eigenvalue weighted by Gasteiger charge is -2.11. The molecule has 0 radical (unpaired) electrons. The molecule has 166 valence electrons. The van der Waals surface area contributed by atoms with Gasteiger partial charge in [-0.25, -0.2) is 5.43 Å². The van der Waals surface area contributed by atoms with Crippen LogP contribution in [0.5, 0.6) is 5.75 Å². The highest BCUT2D eigenvalue weighted by atomic mass is 35.5. The maximum absolute atomic E-state index is 12.3. The predicted octanol–water partition coefficient (Wildman–Crippen LogP) is 4.83. The number of anilines is 1. The number of phenolic OH excluding ortho intramolecular Hbond substituents is 1. The Morgan fingerprint density at radius 1 is 0.970 bits per heavy atom. The van der Waals surface area contributed by atoms with E-state index in [0.717, 1.165) is 28.6 Å². The summed E-state index contributed by atoms with van der Waals surface area (Å²) in [6.07, 6.45) is 1.62. The van der Waals surface area contributed by atoms with Crippen LogP contribution >= 0.6 is 11.6 Å². The first kappa shape index (κ1) is 22.3. The SMILES string of the molecule is Nc1ccc(CNCc2ccc(/C=N/NC(=O)c3ccc(O)c(Cl)c3)c3ccccc23)cc1. The van der Waals surface area contributed by atoms with Crippen LogP contribution in [0.25, 0.3) is 10.8 Å². The normalized spacial score (nSPS) is 11.2. The van der Waals surface area contributed by atoms with Gasteiger partial charge in [0.05, 0.1) is 11.2 Å². The van der Waals surface area contributed by atoms with Crippen molar-refractivity contribution in [2.45, 2.75) is 13.1 Å². The number of benzene rings is 4. The van der Waals surface area contributed by atoms with Gasteiger partial charge in [-0.05, 0) is 52.2 Å². The number of fused-ring (bicyclic) bond motifs is 1. The smallest absolute Gasteiger partial charge is 0.271 e. The third kappa shape index (κ3) is 5.49. The Balaban J connectivity index is 1.45. The highest BCUT2D eigenvalue weighted by molar-refractivity contribution is 6.32. The Hall–Kier alpha value is -3.87. The van der Waals surface area contributed by atoms with Gasteiger partial charge in [-0.15, -0.1) is 0 Å². The summed E-state index contributed by atoms with van der Waals surface area (Å²) in [5, 5.41) is 19.3. The van der Waals surface area contributed by atoms with E-state index in [-0.39, 0.29) is 10.8 Å². The molecule has 4 rings (SSSR count). The average Bonchev–Trinajstić information content (AvgIpc) is 2.83. The number of halogens is 1. The third-order valence-electron chi connectivity index (χ3n) is 5.25. The lowest BCUT2D eigenvalue weighted by molar-refractivity contribution is 0.0955. The van der Waals surface area contributed by atoms with Crippen molar-refractivity contribution in [3.8, 4) is 5.75 Å².